The zero-order valence-electron chi connectivity index (χ0n) is 23.6. The fraction of sp³-hybridized carbons (Fsp3) is 0.846. The third-order valence-corrected chi connectivity index (χ3v) is 5.13. The lowest BCUT2D eigenvalue weighted by Gasteiger charge is -2.43. The van der Waals surface area contributed by atoms with Gasteiger partial charge >= 0.3 is 23.9 Å². The zero-order chi connectivity index (χ0) is 28.4. The van der Waals surface area contributed by atoms with E-state index in [-0.39, 0.29) is 0 Å². The van der Waals surface area contributed by atoms with Gasteiger partial charge in [0.25, 0.3) is 0 Å². The summed E-state index contributed by atoms with van der Waals surface area (Å²) in [4.78, 5) is 50.7. The maximum absolute atomic E-state index is 15.4. The summed E-state index contributed by atoms with van der Waals surface area (Å²) < 4.78 is 42.8. The first-order valence-electron chi connectivity index (χ1n) is 12.1. The second-order valence-corrected chi connectivity index (χ2v) is 13.2. The molecule has 1 aliphatic heterocycles. The summed E-state index contributed by atoms with van der Waals surface area (Å²) in [6.45, 7) is 18.8. The van der Waals surface area contributed by atoms with Gasteiger partial charge in [0.1, 0.15) is 12.7 Å². The summed E-state index contributed by atoms with van der Waals surface area (Å²) in [5.74, 6) is -2.79. The lowest BCUT2D eigenvalue weighted by atomic mass is 9.93. The molecule has 10 heteroatoms. The fourth-order valence-corrected chi connectivity index (χ4v) is 2.68. The summed E-state index contributed by atoms with van der Waals surface area (Å²) in [6, 6.07) is 0. The van der Waals surface area contributed by atoms with E-state index in [9.17, 15) is 19.2 Å². The number of alkyl halides is 1. The van der Waals surface area contributed by atoms with E-state index in [1.165, 1.54) is 0 Å². The van der Waals surface area contributed by atoms with Gasteiger partial charge in [-0.25, -0.2) is 4.39 Å². The largest absolute Gasteiger partial charge is 0.462 e. The molecule has 0 aliphatic carbocycles. The maximum atomic E-state index is 15.4. The van der Waals surface area contributed by atoms with Crippen LogP contribution in [0.4, 0.5) is 4.39 Å². The molecule has 0 N–H and O–H groups in total. The molecule has 1 saturated heterocycles. The van der Waals surface area contributed by atoms with E-state index in [0.29, 0.717) is 0 Å². The van der Waals surface area contributed by atoms with E-state index in [1.54, 1.807) is 83.1 Å². The average Bonchev–Trinajstić information content (AvgIpc) is 2.67. The predicted molar refractivity (Wildman–Crippen MR) is 128 cm³/mol. The minimum absolute atomic E-state index is 0.484. The Kier molecular flexibility index (Phi) is 9.74. The Labute approximate surface area is 213 Å². The van der Waals surface area contributed by atoms with Gasteiger partial charge in [-0.1, -0.05) is 0 Å². The van der Waals surface area contributed by atoms with Gasteiger partial charge in [-0.3, -0.25) is 19.2 Å². The molecule has 0 spiro atoms. The molecular weight excluding hydrogens is 475 g/mol. The Bertz CT molecular complexity index is 824. The van der Waals surface area contributed by atoms with Crippen LogP contribution in [-0.4, -0.2) is 61.3 Å². The molecule has 0 aromatic rings. The van der Waals surface area contributed by atoms with Crippen molar-refractivity contribution in [3.05, 3.63) is 0 Å². The van der Waals surface area contributed by atoms with Gasteiger partial charge in [-0.05, 0) is 83.1 Å². The first kappa shape index (κ1) is 31.8. The molecule has 0 bridgehead atoms. The predicted octanol–water partition coefficient (Wildman–Crippen LogP) is 4.14. The van der Waals surface area contributed by atoms with Crippen LogP contribution >= 0.6 is 0 Å². The highest BCUT2D eigenvalue weighted by Crippen LogP contribution is 2.34. The number of hydrogen-bond acceptors (Lipinski definition) is 9. The molecule has 1 heterocycles. The van der Waals surface area contributed by atoms with E-state index >= 15 is 4.39 Å². The second kappa shape index (κ2) is 11.0. The van der Waals surface area contributed by atoms with Gasteiger partial charge in [0.15, 0.2) is 18.3 Å². The Morgan fingerprint density at radius 2 is 0.917 bits per heavy atom. The van der Waals surface area contributed by atoms with Crippen molar-refractivity contribution in [1.29, 1.82) is 0 Å². The molecule has 0 unspecified atom stereocenters. The van der Waals surface area contributed by atoms with Crippen molar-refractivity contribution in [1.82, 2.24) is 0 Å². The Morgan fingerprint density at radius 1 is 0.583 bits per heavy atom. The molecular formula is C26H43FO9. The number of rotatable bonds is 5. The molecule has 0 aromatic carbocycles. The standard InChI is InChI=1S/C26H43FO9/c1-23(2,3)19(28)32-13-14-15(34-20(29)24(4,5)6)16(35-21(30)25(7,8)9)17(18(27)33-14)36-22(31)26(10,11)12/h14-18H,13H2,1-12H3/t14-,15-,16-,17-,18-/m0/s1. The zero-order valence-corrected chi connectivity index (χ0v) is 23.6. The quantitative estimate of drug-likeness (QED) is 0.391. The first-order valence-corrected chi connectivity index (χ1v) is 12.1. The van der Waals surface area contributed by atoms with Crippen LogP contribution in [-0.2, 0) is 42.9 Å². The average molecular weight is 519 g/mol. The Balaban J connectivity index is 3.50. The summed E-state index contributed by atoms with van der Waals surface area (Å²) in [5, 5.41) is 0. The molecule has 0 saturated carbocycles. The third kappa shape index (κ3) is 8.71. The Morgan fingerprint density at radius 3 is 1.28 bits per heavy atom. The lowest BCUT2D eigenvalue weighted by molar-refractivity contribution is -0.283. The molecule has 9 nitrogen and oxygen atoms in total. The molecule has 208 valence electrons. The highest BCUT2D eigenvalue weighted by Gasteiger charge is 2.55. The number of hydrogen-bond donors (Lipinski definition) is 0. The minimum atomic E-state index is -2.25. The molecule has 1 aliphatic rings. The van der Waals surface area contributed by atoms with Crippen molar-refractivity contribution in [2.24, 2.45) is 21.7 Å². The van der Waals surface area contributed by atoms with Gasteiger partial charge in [0, 0.05) is 0 Å². The molecule has 0 radical (unpaired) electrons. The molecule has 5 atom stereocenters. The number of esters is 4. The van der Waals surface area contributed by atoms with Crippen LogP contribution in [0.25, 0.3) is 0 Å². The summed E-state index contributed by atoms with van der Waals surface area (Å²) in [5.41, 5.74) is -3.84. The molecule has 0 amide bonds. The van der Waals surface area contributed by atoms with Crippen molar-refractivity contribution < 1.29 is 47.3 Å². The van der Waals surface area contributed by atoms with Gasteiger partial charge in [0.05, 0.1) is 21.7 Å². The highest BCUT2D eigenvalue weighted by atomic mass is 19.1. The highest BCUT2D eigenvalue weighted by molar-refractivity contribution is 5.78. The Hall–Kier alpha value is -2.23. The van der Waals surface area contributed by atoms with E-state index in [1.807, 2.05) is 0 Å². The van der Waals surface area contributed by atoms with Crippen LogP contribution in [0.5, 0.6) is 0 Å². The van der Waals surface area contributed by atoms with E-state index in [0.717, 1.165) is 0 Å². The smallest absolute Gasteiger partial charge is 0.311 e. The summed E-state index contributed by atoms with van der Waals surface area (Å²) in [7, 11) is 0. The van der Waals surface area contributed by atoms with Crippen LogP contribution in [0.1, 0.15) is 83.1 Å². The van der Waals surface area contributed by atoms with Crippen LogP contribution in [0.2, 0.25) is 0 Å². The van der Waals surface area contributed by atoms with E-state index < -0.39 is 82.9 Å². The minimum Gasteiger partial charge on any atom is -0.462 e. The fourth-order valence-electron chi connectivity index (χ4n) is 2.68. The molecule has 1 fully saturated rings. The summed E-state index contributed by atoms with van der Waals surface area (Å²) in [6.07, 6.45) is -8.30. The topological polar surface area (TPSA) is 114 Å². The van der Waals surface area contributed by atoms with E-state index in [2.05, 4.69) is 0 Å². The molecule has 1 rings (SSSR count). The van der Waals surface area contributed by atoms with E-state index in [4.69, 9.17) is 23.7 Å². The lowest BCUT2D eigenvalue weighted by Crippen LogP contribution is -2.62. The van der Waals surface area contributed by atoms with Gasteiger partial charge in [-0.2, -0.15) is 0 Å². The van der Waals surface area contributed by atoms with Crippen LogP contribution in [0.3, 0.4) is 0 Å². The van der Waals surface area contributed by atoms with Crippen LogP contribution < -0.4 is 0 Å². The number of carbonyl (C=O) groups is 4. The second-order valence-electron chi connectivity index (χ2n) is 13.2. The van der Waals surface area contributed by atoms with Crippen molar-refractivity contribution in [3.8, 4) is 0 Å². The van der Waals surface area contributed by atoms with Crippen LogP contribution in [0, 0.1) is 21.7 Å². The van der Waals surface area contributed by atoms with Crippen molar-refractivity contribution in [3.63, 3.8) is 0 Å². The first-order chi connectivity index (χ1) is 16.0. The SMILES string of the molecule is CC(C)(C)C(=O)OC[C@@H]1O[C@H](F)[C@@H](OC(=O)C(C)(C)C)[C@@H](OC(=O)C(C)(C)C)[C@H]1OC(=O)C(C)(C)C. The summed E-state index contributed by atoms with van der Waals surface area (Å²) >= 11 is 0. The van der Waals surface area contributed by atoms with Gasteiger partial charge in [-0.15, -0.1) is 0 Å². The maximum Gasteiger partial charge on any atom is 0.311 e. The number of carbonyl (C=O) groups excluding carboxylic acids is 4. The third-order valence-electron chi connectivity index (χ3n) is 5.13. The van der Waals surface area contributed by atoms with Crippen molar-refractivity contribution >= 4 is 23.9 Å². The van der Waals surface area contributed by atoms with Crippen molar-refractivity contribution in [2.75, 3.05) is 6.61 Å². The molecule has 36 heavy (non-hydrogen) atoms. The monoisotopic (exact) mass is 518 g/mol. The number of halogens is 1. The van der Waals surface area contributed by atoms with Crippen molar-refractivity contribution in [2.45, 2.75) is 114 Å². The molecule has 0 aromatic heterocycles. The number of ether oxygens (including phenoxy) is 5. The van der Waals surface area contributed by atoms with Crippen LogP contribution in [0.15, 0.2) is 0 Å². The van der Waals surface area contributed by atoms with Gasteiger partial charge in [0.2, 0.25) is 6.36 Å². The van der Waals surface area contributed by atoms with Gasteiger partial charge < -0.3 is 23.7 Å². The normalized spacial score (nSPS) is 25.5.